The molecule has 118 valence electrons. The van der Waals surface area contributed by atoms with E-state index in [2.05, 4.69) is 24.1 Å². The van der Waals surface area contributed by atoms with Crippen LogP contribution in [0.25, 0.3) is 0 Å². The number of hydrogen-bond acceptors (Lipinski definition) is 3. The van der Waals surface area contributed by atoms with E-state index in [1.807, 2.05) is 18.7 Å². The minimum atomic E-state index is 0.0528. The highest BCUT2D eigenvalue weighted by Gasteiger charge is 2.23. The van der Waals surface area contributed by atoms with E-state index in [1.54, 1.807) is 0 Å². The van der Waals surface area contributed by atoms with E-state index in [4.69, 9.17) is 4.74 Å². The van der Waals surface area contributed by atoms with E-state index in [0.717, 1.165) is 52.4 Å². The SMILES string of the molecule is CCN(CC)C(=O)NCC(CC(C)C)N1CCOCC1. The zero-order chi connectivity index (χ0) is 15.0. The monoisotopic (exact) mass is 285 g/mol. The third-order valence-corrected chi connectivity index (χ3v) is 3.85. The molecule has 1 N–H and O–H groups in total. The van der Waals surface area contributed by atoms with E-state index < -0.39 is 0 Å². The van der Waals surface area contributed by atoms with Crippen LogP contribution >= 0.6 is 0 Å². The fraction of sp³-hybridized carbons (Fsp3) is 0.933. The second-order valence-electron chi connectivity index (χ2n) is 5.79. The molecule has 1 heterocycles. The molecule has 1 unspecified atom stereocenters. The van der Waals surface area contributed by atoms with Gasteiger partial charge in [0.1, 0.15) is 0 Å². The van der Waals surface area contributed by atoms with Gasteiger partial charge in [-0.2, -0.15) is 0 Å². The zero-order valence-corrected chi connectivity index (χ0v) is 13.5. The third kappa shape index (κ3) is 5.67. The molecule has 1 aliphatic rings. The second-order valence-corrected chi connectivity index (χ2v) is 5.79. The van der Waals surface area contributed by atoms with Gasteiger partial charge in [0.25, 0.3) is 0 Å². The van der Waals surface area contributed by atoms with Crippen LogP contribution in [0.3, 0.4) is 0 Å². The molecule has 0 radical (unpaired) electrons. The van der Waals surface area contributed by atoms with Gasteiger partial charge in [-0.05, 0) is 26.2 Å². The molecular formula is C15H31N3O2. The van der Waals surface area contributed by atoms with E-state index in [-0.39, 0.29) is 6.03 Å². The summed E-state index contributed by atoms with van der Waals surface area (Å²) in [5.74, 6) is 0.633. The normalized spacial score (nSPS) is 18.1. The number of hydrogen-bond donors (Lipinski definition) is 1. The van der Waals surface area contributed by atoms with Crippen molar-refractivity contribution in [2.45, 2.75) is 40.2 Å². The summed E-state index contributed by atoms with van der Waals surface area (Å²) in [5, 5.41) is 3.09. The molecule has 0 saturated carbocycles. The topological polar surface area (TPSA) is 44.8 Å². The number of carbonyl (C=O) groups excluding carboxylic acids is 1. The van der Waals surface area contributed by atoms with Crippen molar-refractivity contribution in [3.8, 4) is 0 Å². The number of morpholine rings is 1. The van der Waals surface area contributed by atoms with Crippen molar-refractivity contribution < 1.29 is 9.53 Å². The number of ether oxygens (including phenoxy) is 1. The Morgan fingerprint density at radius 3 is 2.35 bits per heavy atom. The van der Waals surface area contributed by atoms with Crippen LogP contribution < -0.4 is 5.32 Å². The molecule has 5 nitrogen and oxygen atoms in total. The lowest BCUT2D eigenvalue weighted by Crippen LogP contribution is -2.51. The number of amides is 2. The first-order valence-electron chi connectivity index (χ1n) is 7.93. The fourth-order valence-electron chi connectivity index (χ4n) is 2.68. The van der Waals surface area contributed by atoms with E-state index in [9.17, 15) is 4.79 Å². The molecule has 0 aromatic rings. The summed E-state index contributed by atoms with van der Waals surface area (Å²) < 4.78 is 5.42. The summed E-state index contributed by atoms with van der Waals surface area (Å²) in [6.45, 7) is 14.3. The molecule has 1 atom stereocenters. The Labute approximate surface area is 123 Å². The van der Waals surface area contributed by atoms with Gasteiger partial charge < -0.3 is 15.0 Å². The Balaban J connectivity index is 2.49. The third-order valence-electron chi connectivity index (χ3n) is 3.85. The molecule has 0 aromatic heterocycles. The van der Waals surface area contributed by atoms with Crippen LogP contribution in [0.15, 0.2) is 0 Å². The van der Waals surface area contributed by atoms with E-state index in [0.29, 0.717) is 12.0 Å². The minimum Gasteiger partial charge on any atom is -0.379 e. The van der Waals surface area contributed by atoms with Gasteiger partial charge >= 0.3 is 6.03 Å². The molecule has 0 aliphatic carbocycles. The molecule has 1 saturated heterocycles. The van der Waals surface area contributed by atoms with E-state index in [1.165, 1.54) is 0 Å². The molecule has 20 heavy (non-hydrogen) atoms. The fourth-order valence-corrected chi connectivity index (χ4v) is 2.68. The Hall–Kier alpha value is -0.810. The predicted octanol–water partition coefficient (Wildman–Crippen LogP) is 1.78. The van der Waals surface area contributed by atoms with Crippen molar-refractivity contribution in [3.63, 3.8) is 0 Å². The lowest BCUT2D eigenvalue weighted by molar-refractivity contribution is 0.0127. The molecule has 1 aliphatic heterocycles. The number of nitrogens with zero attached hydrogens (tertiary/aromatic N) is 2. The lowest BCUT2D eigenvalue weighted by Gasteiger charge is -2.36. The standard InChI is InChI=1S/C15H31N3O2/c1-5-17(6-2)15(19)16-12-14(11-13(3)4)18-7-9-20-10-8-18/h13-14H,5-12H2,1-4H3,(H,16,19). The molecule has 5 heteroatoms. The van der Waals surface area contributed by atoms with Crippen molar-refractivity contribution >= 4 is 6.03 Å². The van der Waals surface area contributed by atoms with Crippen LogP contribution in [0.5, 0.6) is 0 Å². The van der Waals surface area contributed by atoms with Crippen molar-refractivity contribution in [2.75, 3.05) is 45.9 Å². The average Bonchev–Trinajstić information content (AvgIpc) is 2.45. The summed E-state index contributed by atoms with van der Waals surface area (Å²) >= 11 is 0. The molecule has 1 fully saturated rings. The Kier molecular flexibility index (Phi) is 7.92. The second kappa shape index (κ2) is 9.19. The van der Waals surface area contributed by atoms with Gasteiger partial charge in [-0.3, -0.25) is 4.90 Å². The average molecular weight is 285 g/mol. The van der Waals surface area contributed by atoms with Gasteiger partial charge in [-0.1, -0.05) is 13.8 Å². The molecular weight excluding hydrogens is 254 g/mol. The quantitative estimate of drug-likeness (QED) is 0.775. The van der Waals surface area contributed by atoms with Gasteiger partial charge in [0.05, 0.1) is 13.2 Å². The molecule has 0 spiro atoms. The Morgan fingerprint density at radius 1 is 1.25 bits per heavy atom. The molecule has 0 bridgehead atoms. The highest BCUT2D eigenvalue weighted by Crippen LogP contribution is 2.13. The predicted molar refractivity (Wildman–Crippen MR) is 82.0 cm³/mol. The summed E-state index contributed by atoms with van der Waals surface area (Å²) in [6, 6.07) is 0.468. The maximum atomic E-state index is 12.0. The van der Waals surface area contributed by atoms with Crippen molar-refractivity contribution in [1.82, 2.24) is 15.1 Å². The van der Waals surface area contributed by atoms with Gasteiger partial charge in [0.2, 0.25) is 0 Å². The summed E-state index contributed by atoms with van der Waals surface area (Å²) in [4.78, 5) is 16.3. The largest absolute Gasteiger partial charge is 0.379 e. The smallest absolute Gasteiger partial charge is 0.317 e. The summed E-state index contributed by atoms with van der Waals surface area (Å²) in [7, 11) is 0. The maximum absolute atomic E-state index is 12.0. The molecule has 0 aromatic carbocycles. The highest BCUT2D eigenvalue weighted by atomic mass is 16.5. The van der Waals surface area contributed by atoms with Crippen LogP contribution in [0.4, 0.5) is 4.79 Å². The maximum Gasteiger partial charge on any atom is 0.317 e. The molecule has 1 rings (SSSR count). The Morgan fingerprint density at radius 2 is 1.85 bits per heavy atom. The van der Waals surface area contributed by atoms with Gasteiger partial charge in [-0.25, -0.2) is 4.79 Å². The summed E-state index contributed by atoms with van der Waals surface area (Å²) in [6.07, 6.45) is 1.11. The van der Waals surface area contributed by atoms with Crippen LogP contribution in [0, 0.1) is 5.92 Å². The van der Waals surface area contributed by atoms with Crippen molar-refractivity contribution in [3.05, 3.63) is 0 Å². The minimum absolute atomic E-state index is 0.0528. The number of nitrogens with one attached hydrogen (secondary N) is 1. The first-order valence-corrected chi connectivity index (χ1v) is 7.93. The van der Waals surface area contributed by atoms with E-state index >= 15 is 0 Å². The van der Waals surface area contributed by atoms with Gasteiger partial charge in [0.15, 0.2) is 0 Å². The highest BCUT2D eigenvalue weighted by molar-refractivity contribution is 5.74. The van der Waals surface area contributed by atoms with Gasteiger partial charge in [-0.15, -0.1) is 0 Å². The first kappa shape index (κ1) is 17.2. The Bertz CT molecular complexity index is 274. The van der Waals surface area contributed by atoms with Crippen LogP contribution in [-0.2, 0) is 4.74 Å². The first-order chi connectivity index (χ1) is 9.58. The van der Waals surface area contributed by atoms with Crippen molar-refractivity contribution in [1.29, 1.82) is 0 Å². The van der Waals surface area contributed by atoms with Crippen LogP contribution in [-0.4, -0.2) is 67.8 Å². The number of rotatable bonds is 7. The number of urea groups is 1. The van der Waals surface area contributed by atoms with Crippen LogP contribution in [0.1, 0.15) is 34.1 Å². The lowest BCUT2D eigenvalue weighted by atomic mass is 10.0. The zero-order valence-electron chi connectivity index (χ0n) is 13.5. The van der Waals surface area contributed by atoms with Crippen LogP contribution in [0.2, 0.25) is 0 Å². The van der Waals surface area contributed by atoms with Crippen molar-refractivity contribution in [2.24, 2.45) is 5.92 Å². The number of carbonyl (C=O) groups is 1. The summed E-state index contributed by atoms with van der Waals surface area (Å²) in [5.41, 5.74) is 0. The van der Waals surface area contributed by atoms with Gasteiger partial charge in [0, 0.05) is 38.8 Å². The molecule has 2 amide bonds.